The Morgan fingerprint density at radius 1 is 0.468 bits per heavy atom. The number of carbonyl (C=O) groups is 11. The number of fused-ring (bicyclic) bond motifs is 2. The maximum Gasteiger partial charge on any atom is 0.491 e. The van der Waals surface area contributed by atoms with Gasteiger partial charge in [0.1, 0.15) is 36.3 Å². The van der Waals surface area contributed by atoms with Crippen LogP contribution in [0.2, 0.25) is 0 Å². The number of hydrogen-bond acceptors (Lipinski definition) is 16. The molecule has 0 spiro atoms. The van der Waals surface area contributed by atoms with Gasteiger partial charge in [-0.3, -0.25) is 43.2 Å². The SMILES string of the molecule is C.C#CC#CC#CC#CC#CC#CC#CC#CC#CC#CC#CC#CC#CC#CC#CC#CC#CC#CC#CC#CC#CC.CC(C)(C)[C@H](NC(=O)C(F)(F)F)C(=O)N1C[C@H]2[C@@H]([C@H]1C(=O)N[C@@H](C[C@@H]1CCNC1=O)C(N)=O)C2(C)C.CC(C)(C)[C@H](NC(=O)C(F)(F)F)C(=O)N1C[C@H]2[C@@H]([C@H]1C(=O)N[C@H](C#N)C[C@@H]1CCNC1=O)C2(C)C.CN1CCOCC1.COC(C)(C)C.O=C(OC(=O)C(F)(F)F)C(F)(F)F. The molecule has 2 saturated carbocycles. The van der Waals surface area contributed by atoms with Gasteiger partial charge in [-0.25, -0.2) is 9.59 Å². The van der Waals surface area contributed by atoms with Crippen LogP contribution in [-0.2, 0) is 67.0 Å². The number of esters is 2. The van der Waals surface area contributed by atoms with Crippen LogP contribution in [-0.4, -0.2) is 213 Å². The van der Waals surface area contributed by atoms with Gasteiger partial charge in [0, 0.05) is 200 Å². The second-order valence-electron chi connectivity index (χ2n) is 34.2. The van der Waals surface area contributed by atoms with E-state index >= 15 is 0 Å². The number of halogens is 12. The number of likely N-dealkylation sites (tertiary alicyclic amines) is 2. The number of rotatable bonds is 13. The first-order chi connectivity index (χ1) is 65.3. The number of ether oxygens (including phenoxy) is 3. The van der Waals surface area contributed by atoms with Gasteiger partial charge < -0.3 is 66.5 Å². The number of methoxy groups -OCH3 is 1. The van der Waals surface area contributed by atoms with E-state index in [0.29, 0.717) is 25.9 Å². The van der Waals surface area contributed by atoms with Crippen LogP contribution in [0.25, 0.3) is 0 Å². The number of nitrogens with two attached hydrogens (primary N) is 1. The zero-order valence-electron chi connectivity index (χ0n) is 78.6. The maximum atomic E-state index is 13.5. The Morgan fingerprint density at radius 3 is 0.965 bits per heavy atom. The molecule has 0 bridgehead atoms. The van der Waals surface area contributed by atoms with Gasteiger partial charge in [-0.1, -0.05) is 82.6 Å². The lowest BCUT2D eigenvalue weighted by Gasteiger charge is -2.38. The normalized spacial score (nSPS) is 18.6. The highest BCUT2D eigenvalue weighted by Gasteiger charge is 2.71. The number of nitrogens with one attached hydrogen (secondary N) is 6. The summed E-state index contributed by atoms with van der Waals surface area (Å²) >= 11 is 0. The molecule has 0 radical (unpaired) electrons. The monoisotopic (exact) mass is 1950 g/mol. The Morgan fingerprint density at radius 2 is 0.745 bits per heavy atom. The molecular formula is C104H97F12N11O14. The van der Waals surface area contributed by atoms with Crippen molar-refractivity contribution in [3.63, 3.8) is 0 Å². The number of morpholine rings is 1. The predicted molar refractivity (Wildman–Crippen MR) is 493 cm³/mol. The van der Waals surface area contributed by atoms with Crippen LogP contribution in [0.5, 0.6) is 0 Å². The van der Waals surface area contributed by atoms with Crippen LogP contribution in [0.3, 0.4) is 0 Å². The van der Waals surface area contributed by atoms with Crippen molar-refractivity contribution in [3.05, 3.63) is 0 Å². The molecule has 736 valence electrons. The summed E-state index contributed by atoms with van der Waals surface area (Å²) in [6.07, 6.45) is -15.5. The minimum absolute atomic E-state index is 0. The van der Waals surface area contributed by atoms with E-state index in [-0.39, 0.29) is 85.3 Å². The number of carbonyl (C=O) groups excluding carboxylic acids is 11. The van der Waals surface area contributed by atoms with Crippen LogP contribution in [0, 0.1) is 318 Å². The molecule has 37 heteroatoms. The number of amides is 9. The summed E-state index contributed by atoms with van der Waals surface area (Å²) in [6, 6.07) is -5.25. The summed E-state index contributed by atoms with van der Waals surface area (Å²) < 4.78 is 157. The van der Waals surface area contributed by atoms with Gasteiger partial charge in [-0.05, 0) is 200 Å². The third-order valence-corrected chi connectivity index (χ3v) is 20.4. The van der Waals surface area contributed by atoms with E-state index in [1.807, 2.05) is 54.5 Å². The van der Waals surface area contributed by atoms with Crippen molar-refractivity contribution < 1.29 is 120 Å². The van der Waals surface area contributed by atoms with E-state index in [4.69, 9.17) is 21.6 Å². The third kappa shape index (κ3) is 45.5. The highest BCUT2D eigenvalue weighted by atomic mass is 19.4. The second-order valence-corrected chi connectivity index (χ2v) is 34.2. The number of alkyl halides is 12. The number of terminal acetylenes is 1. The number of piperidine rings is 2. The fraction of sp³-hybridized carbons (Fsp3) is 0.481. The highest BCUT2D eigenvalue weighted by molar-refractivity contribution is 5.98. The molecule has 7 fully saturated rings. The van der Waals surface area contributed by atoms with Gasteiger partial charge >= 0.3 is 48.5 Å². The van der Waals surface area contributed by atoms with Crippen molar-refractivity contribution in [3.8, 4) is 255 Å². The number of hydrogen-bond donors (Lipinski definition) is 7. The molecule has 8 N–H and O–H groups in total. The van der Waals surface area contributed by atoms with E-state index in [1.165, 1.54) is 51.3 Å². The van der Waals surface area contributed by atoms with E-state index in [9.17, 15) is 111 Å². The van der Waals surface area contributed by atoms with E-state index in [1.54, 1.807) is 24.7 Å². The van der Waals surface area contributed by atoms with Crippen LogP contribution in [0.4, 0.5) is 52.7 Å². The Kier molecular flexibility index (Phi) is 50.7. The van der Waals surface area contributed by atoms with E-state index in [2.05, 4.69) is 281 Å². The molecule has 0 unspecified atom stereocenters. The number of nitrogens with zero attached hydrogens (tertiary/aromatic N) is 4. The topological polar surface area (TPSA) is 347 Å². The van der Waals surface area contributed by atoms with Crippen molar-refractivity contribution in [2.75, 3.05) is 66.6 Å². The summed E-state index contributed by atoms with van der Waals surface area (Å²) in [5.41, 5.74) is 2.80. The molecule has 5 heterocycles. The first kappa shape index (κ1) is 123. The van der Waals surface area contributed by atoms with Crippen LogP contribution in [0.15, 0.2) is 0 Å². The van der Waals surface area contributed by atoms with Crippen molar-refractivity contribution >= 4 is 65.1 Å². The van der Waals surface area contributed by atoms with Crippen molar-refractivity contribution in [1.82, 2.24) is 46.6 Å². The molecule has 0 aromatic rings. The highest BCUT2D eigenvalue weighted by Crippen LogP contribution is 2.66. The molecule has 0 aromatic heterocycles. The second kappa shape index (κ2) is 58.3. The fourth-order valence-corrected chi connectivity index (χ4v) is 13.0. The lowest BCUT2D eigenvalue weighted by atomic mass is 9.85. The van der Waals surface area contributed by atoms with Crippen LogP contribution < -0.4 is 37.6 Å². The van der Waals surface area contributed by atoms with E-state index < -0.39 is 137 Å². The third-order valence-electron chi connectivity index (χ3n) is 20.4. The first-order valence-electron chi connectivity index (χ1n) is 41.6. The maximum absolute atomic E-state index is 13.5. The lowest BCUT2D eigenvalue weighted by Crippen LogP contribution is -2.61. The van der Waals surface area contributed by atoms with Gasteiger partial charge in [-0.2, -0.15) is 57.9 Å². The smallest absolute Gasteiger partial charge is 0.380 e. The minimum atomic E-state index is -5.62. The van der Waals surface area contributed by atoms with Gasteiger partial charge in [0.2, 0.25) is 41.4 Å². The summed E-state index contributed by atoms with van der Waals surface area (Å²) in [5.74, 6) is 85.3. The van der Waals surface area contributed by atoms with Gasteiger partial charge in [0.15, 0.2) is 0 Å². The molecule has 2 aliphatic carbocycles. The summed E-state index contributed by atoms with van der Waals surface area (Å²) in [7, 11) is 3.82. The zero-order chi connectivity index (χ0) is 106. The molecule has 25 nitrogen and oxygen atoms in total. The molecule has 141 heavy (non-hydrogen) atoms. The standard InChI is InChI=1S/C43H4.C23H34F3N5O5.C23H32F3N5O4.C5H11NO.C5H12O.C4F6O3.CH4/c1-3-5-7-9-11-13-15-17-19-21-23-25-27-29-31-33-35-37-39-41-43-42-40-38-36-34-32-30-28-26-24-22-20-18-16-14-12-10-8-6-4-2;1-21(2,3)15(30-20(36)23(24,25)26)19(35)31-9-11-13(22(11,4)5)14(31)18(34)29-12(16(27)32)8-10-6-7-28-17(10)33;1-21(2,3)16(30-20(35)23(24,25)26)19(34)31-10-13-14(22(13,4)5)15(31)18(33)29-12(9-27)8-11-6-7-28-17(11)32;1-6-2-4-7-5-3-6;1-5(2,3)6-4;5-3(6,7)1(11)13-2(12)4(8,9)10;/h1H,2H3;10-15H,6-9H2,1-5H3,(H2,27,32)(H,28,33)(H,29,34)(H,30,36);11-16H,6-8,10H2,1-5H3,(H,28,32)(H,29,33)(H,30,35);2-5H2,1H3;1-4H3;;1H4/t;10-,11-,12-,13-,14-,15+;11-,12-,13-,14-,15-,16+;;;;/m.00..../s1. The quantitative estimate of drug-likeness (QED) is 0.0548. The Labute approximate surface area is 814 Å². The average molecular weight is 1950 g/mol. The summed E-state index contributed by atoms with van der Waals surface area (Å²) in [6.45, 7) is 29.9. The molecule has 9 amide bonds. The predicted octanol–water partition coefficient (Wildman–Crippen LogP) is 5.06. The minimum Gasteiger partial charge on any atom is -0.380 e. The summed E-state index contributed by atoms with van der Waals surface area (Å²) in [4.78, 5) is 137. The number of nitriles is 1. The van der Waals surface area contributed by atoms with E-state index in [0.717, 1.165) is 26.3 Å². The van der Waals surface area contributed by atoms with Crippen LogP contribution >= 0.6 is 0 Å². The molecule has 7 rings (SSSR count). The molecule has 5 aliphatic heterocycles. The summed E-state index contributed by atoms with van der Waals surface area (Å²) in [5, 5.41) is 23.7. The zero-order valence-corrected chi connectivity index (χ0v) is 78.6. The Balaban J connectivity index is 0.000000932. The Bertz CT molecular complexity index is 6200. The largest absolute Gasteiger partial charge is 0.491 e. The van der Waals surface area contributed by atoms with Crippen molar-refractivity contribution in [2.45, 2.75) is 197 Å². The molecule has 0 aromatic carbocycles. The molecule has 12 atom stereocenters. The Hall–Kier alpha value is -16.3. The van der Waals surface area contributed by atoms with Gasteiger partial charge in [0.05, 0.1) is 24.9 Å². The van der Waals surface area contributed by atoms with Crippen molar-refractivity contribution in [2.24, 2.45) is 62.9 Å². The number of likely N-dealkylation sites (N-methyl/N-ethyl adjacent to an activating group) is 1. The molecule has 7 aliphatic rings. The first-order valence-corrected chi connectivity index (χ1v) is 41.6. The average Bonchev–Trinajstić information content (AvgIpc) is 1.53. The van der Waals surface area contributed by atoms with Crippen LogP contribution in [0.1, 0.15) is 130 Å². The lowest BCUT2D eigenvalue weighted by molar-refractivity contribution is -0.221. The van der Waals surface area contributed by atoms with Crippen molar-refractivity contribution in [1.29, 1.82) is 5.26 Å². The van der Waals surface area contributed by atoms with Gasteiger partial charge in [0.25, 0.3) is 0 Å². The fourth-order valence-electron chi connectivity index (χ4n) is 13.0. The molecule has 5 saturated heterocycles. The van der Waals surface area contributed by atoms with Gasteiger partial charge in [-0.15, -0.1) is 6.42 Å². The number of primary amides is 1. The molecular weight excluding hydrogens is 1860 g/mol.